The number of phosphoric ester groups is 1. The van der Waals surface area contributed by atoms with Gasteiger partial charge in [0, 0.05) is 7.11 Å². The minimum absolute atomic E-state index is 0. The average Bonchev–Trinajstić information content (AvgIpc) is 3.80. The van der Waals surface area contributed by atoms with E-state index in [0.717, 1.165) is 22.9 Å². The first-order valence-electron chi connectivity index (χ1n) is 15.5. The van der Waals surface area contributed by atoms with Gasteiger partial charge in [-0.2, -0.15) is 9.84 Å². The van der Waals surface area contributed by atoms with Crippen LogP contribution in [0.2, 0.25) is 0 Å². The third-order valence-electron chi connectivity index (χ3n) is 8.17. The minimum atomic E-state index is -6.57. The van der Waals surface area contributed by atoms with Gasteiger partial charge in [-0.05, 0) is 0 Å². The van der Waals surface area contributed by atoms with Gasteiger partial charge in [0.1, 0.15) is 36.6 Å². The van der Waals surface area contributed by atoms with E-state index in [1.807, 2.05) is 0 Å². The molecule has 2 aliphatic rings. The predicted molar refractivity (Wildman–Crippen MR) is 173 cm³/mol. The number of hydrogen-bond donors (Lipinski definition) is 8. The second kappa shape index (κ2) is 20.4. The number of imidazole rings is 2. The molecule has 4 aromatic heterocycles. The van der Waals surface area contributed by atoms with Crippen LogP contribution in [0.3, 0.4) is 0 Å². The fourth-order valence-corrected chi connectivity index (χ4v) is 11.0. The molecule has 12 atom stereocenters. The molecule has 6 rings (SSSR count). The number of nitrogens with zero attached hydrogens (tertiary/aromatic N) is 6. The summed E-state index contributed by atoms with van der Waals surface area (Å²) in [4.78, 5) is 90.8. The first-order valence-corrected chi connectivity index (χ1v) is 21.5. The van der Waals surface area contributed by atoms with E-state index in [1.54, 1.807) is 0 Å². The Labute approximate surface area is 400 Å². The maximum absolute atomic E-state index is 12.4. The maximum atomic E-state index is 12.4. The summed E-state index contributed by atoms with van der Waals surface area (Å²) in [6.45, 7) is -2.40. The van der Waals surface area contributed by atoms with Crippen molar-refractivity contribution in [3.63, 3.8) is 0 Å². The molecule has 0 amide bonds. The van der Waals surface area contributed by atoms with Crippen LogP contribution in [0.15, 0.2) is 22.2 Å². The summed E-state index contributed by atoms with van der Waals surface area (Å²) in [6.07, 6.45) is -10.6. The number of ether oxygens (including phenoxy) is 3. The molecular weight excluding hydrogens is 931 g/mol. The van der Waals surface area contributed by atoms with Crippen molar-refractivity contribution in [3.05, 3.63) is 33.4 Å². The Morgan fingerprint density at radius 1 is 0.867 bits per heavy atom. The van der Waals surface area contributed by atoms with E-state index in [1.165, 1.54) is 22.5 Å². The number of fused-ring (bicyclic) bond motifs is 2. The molecule has 60 heavy (non-hydrogen) atoms. The van der Waals surface area contributed by atoms with Crippen LogP contribution in [0.25, 0.3) is 22.3 Å². The average molecular weight is 961 g/mol. The van der Waals surface area contributed by atoms with Crippen molar-refractivity contribution in [3.8, 4) is 0 Å². The van der Waals surface area contributed by atoms with E-state index in [2.05, 4.69) is 42.6 Å². The second-order valence-corrected chi connectivity index (χ2v) is 18.5. The third-order valence-corrected chi connectivity index (χ3v) is 14.3. The Bertz CT molecular complexity index is 2510. The van der Waals surface area contributed by atoms with E-state index in [-0.39, 0.29) is 123 Å². The zero-order chi connectivity index (χ0) is 42.0. The number of rotatable bonds is 15. The normalized spacial score (nSPS) is 28.1. The van der Waals surface area contributed by atoms with Crippen molar-refractivity contribution < 1.29 is 178 Å². The molecule has 2 saturated heterocycles. The maximum Gasteiger partial charge on any atom is 1.00 e. The van der Waals surface area contributed by atoms with Crippen LogP contribution in [-0.2, 0) is 57.2 Å². The van der Waals surface area contributed by atoms with Crippen LogP contribution in [0.5, 0.6) is 0 Å². The molecule has 0 radical (unpaired) electrons. The number of aromatic nitrogens is 8. The smallest absolute Gasteiger partial charge is 0.766 e. The standard InChI is InChI=1S/C22H33N11O20P4.3Na/c1-31-6-33(16-10(31)18(38)29-22(24)27-16)20-14(47-2)12(35)8(51-20)4-49-56(43,44)53-57(45,46)52-55(41,42)30-54(39,40)48-3-7-11(34)13(36)19(50-7)32-5-25-9-15(32)26-21(23)28-17(9)37;;;/h5-8,11-14,19-20,34-36H,3-4H2,1-2H3,(H10-,23,24,26,27,28,29,30,37,38,39,40,41,42,43,44,45,46);;;/q;3*+1/p-3/t7-,8-,11-,12-,13-,14-,19-,20-;;;/m1.../s1. The van der Waals surface area contributed by atoms with Crippen LogP contribution in [-0.4, -0.2) is 106 Å². The van der Waals surface area contributed by atoms with Gasteiger partial charge in [-0.15, -0.1) is 0 Å². The van der Waals surface area contributed by atoms with Gasteiger partial charge < -0.3 is 69.6 Å². The molecule has 4 aromatic rings. The Morgan fingerprint density at radius 3 is 2.12 bits per heavy atom. The summed E-state index contributed by atoms with van der Waals surface area (Å²) in [6, 6.07) is 0. The third kappa shape index (κ3) is 11.9. The molecular formula is C22H30N11Na3O20P4. The Kier molecular flexibility index (Phi) is 18.4. The quantitative estimate of drug-likeness (QED) is 0.0311. The van der Waals surface area contributed by atoms with Crippen LogP contribution < -0.4 is 140 Å². The molecule has 2 aliphatic heterocycles. The number of hydrogen-bond acceptors (Lipinski definition) is 25. The van der Waals surface area contributed by atoms with Gasteiger partial charge in [0.25, 0.3) is 32.7 Å². The molecule has 38 heteroatoms. The molecule has 316 valence electrons. The zero-order valence-electron chi connectivity index (χ0n) is 31.6. The van der Waals surface area contributed by atoms with Gasteiger partial charge in [-0.1, -0.05) is 4.98 Å². The minimum Gasteiger partial charge on any atom is -0.766 e. The summed E-state index contributed by atoms with van der Waals surface area (Å²) in [5.41, 5.74) is 9.30. The summed E-state index contributed by atoms with van der Waals surface area (Å²) in [5.74, 6) is -0.629. The molecule has 31 nitrogen and oxygen atoms in total. The van der Waals surface area contributed by atoms with Gasteiger partial charge in [-0.25, -0.2) is 13.9 Å². The number of nitrogen functional groups attached to an aromatic ring is 2. The summed E-state index contributed by atoms with van der Waals surface area (Å²) >= 11 is 0. The van der Waals surface area contributed by atoms with E-state index >= 15 is 0 Å². The summed E-state index contributed by atoms with van der Waals surface area (Å²) < 4.78 is 85.5. The number of aryl methyl sites for hydroxylation is 1. The van der Waals surface area contributed by atoms with Crippen molar-refractivity contribution in [2.75, 3.05) is 31.8 Å². The van der Waals surface area contributed by atoms with Crippen molar-refractivity contribution in [1.29, 1.82) is 0 Å². The van der Waals surface area contributed by atoms with E-state index in [0.29, 0.717) is 0 Å². The monoisotopic (exact) mass is 961 g/mol. The number of methoxy groups -OCH3 is 1. The van der Waals surface area contributed by atoms with E-state index < -0.39 is 105 Å². The number of nitrogens with one attached hydrogen (secondary N) is 3. The fourth-order valence-electron chi connectivity index (χ4n) is 5.84. The molecule has 4 unspecified atom stereocenters. The van der Waals surface area contributed by atoms with Gasteiger partial charge >= 0.3 is 94.3 Å². The van der Waals surface area contributed by atoms with Gasteiger partial charge in [0.15, 0.2) is 23.7 Å². The number of aromatic amines is 2. The summed E-state index contributed by atoms with van der Waals surface area (Å²) in [7, 11) is -22.4. The number of aliphatic hydroxyl groups is 3. The van der Waals surface area contributed by atoms with Gasteiger partial charge in [0.2, 0.25) is 33.2 Å². The van der Waals surface area contributed by atoms with Crippen molar-refractivity contribution in [2.24, 2.45) is 7.05 Å². The number of H-pyrrole nitrogens is 2. The van der Waals surface area contributed by atoms with Crippen LogP contribution in [0, 0.1) is 0 Å². The predicted octanol–water partition coefficient (Wildman–Crippen LogP) is -15.7. The van der Waals surface area contributed by atoms with Crippen molar-refractivity contribution >= 4 is 65.4 Å². The molecule has 6 heterocycles. The van der Waals surface area contributed by atoms with Crippen LogP contribution >= 0.6 is 31.1 Å². The molecule has 10 N–H and O–H groups in total. The SMILES string of the molecule is CO[C@@H]1[C@H](O)[C@@H](COP(=O)([O-])OP(=O)([O-])OP(=O)([O-])NP(=O)([O-])OC[C@H]2O[C@@H](n3cnc4c(=O)[nH]c(N)nc43)[C@H](O)[C@@H]2O)O[C@H]1[n+]1cn(C)c2c(=O)[nH]c(N)nc21.[Na+].[Na+].[Na+]. The molecule has 0 bridgehead atoms. The Morgan fingerprint density at radius 2 is 1.47 bits per heavy atom. The van der Waals surface area contributed by atoms with E-state index in [4.69, 9.17) is 25.7 Å². The molecule has 0 saturated carbocycles. The first-order chi connectivity index (χ1) is 26.4. The number of nitrogens with two attached hydrogens (primary N) is 2. The summed E-state index contributed by atoms with van der Waals surface area (Å²) in [5, 5.41) is 31.7. The van der Waals surface area contributed by atoms with Crippen LogP contribution in [0.1, 0.15) is 12.5 Å². The second-order valence-electron chi connectivity index (χ2n) is 12.1. The Hall–Kier alpha value is -0.380. The number of aliphatic hydroxyl groups excluding tert-OH is 3. The molecule has 0 aliphatic carbocycles. The topological polar surface area (TPSA) is 468 Å². The van der Waals surface area contributed by atoms with Crippen LogP contribution in [0.4, 0.5) is 11.9 Å². The van der Waals surface area contributed by atoms with Gasteiger partial charge in [0.05, 0.1) is 26.6 Å². The van der Waals surface area contributed by atoms with Gasteiger partial charge in [-0.3, -0.25) is 51.3 Å². The number of phosphoric acid groups is 2. The zero-order valence-corrected chi connectivity index (χ0v) is 41.2. The van der Waals surface area contributed by atoms with Crippen molar-refractivity contribution in [2.45, 2.75) is 49.1 Å². The molecule has 0 aromatic carbocycles. The largest absolute Gasteiger partial charge is 1.00 e. The van der Waals surface area contributed by atoms with E-state index in [9.17, 15) is 62.7 Å². The molecule has 0 spiro atoms. The Balaban J connectivity index is 0.00000320. The molecule has 2 fully saturated rings. The van der Waals surface area contributed by atoms with Crippen molar-refractivity contribution in [1.82, 2.24) is 38.9 Å². The first kappa shape index (κ1) is 54.0. The number of anilines is 2. The fraction of sp³-hybridized carbons (Fsp3) is 0.545.